The topological polar surface area (TPSA) is 20.2 Å². The summed E-state index contributed by atoms with van der Waals surface area (Å²) in [5, 5.41) is 10.4. The number of halogens is 2. The lowest BCUT2D eigenvalue weighted by atomic mass is 10.00. The molecule has 1 N–H and O–H groups in total. The second-order valence-corrected chi connectivity index (χ2v) is 6.57. The fraction of sp³-hybridized carbons (Fsp3) is 0.231. The van der Waals surface area contributed by atoms with Crippen molar-refractivity contribution in [3.63, 3.8) is 0 Å². The first kappa shape index (κ1) is 13.1. The summed E-state index contributed by atoms with van der Waals surface area (Å²) in [6, 6.07) is 7.96. The van der Waals surface area contributed by atoms with E-state index >= 15 is 0 Å². The number of benzene rings is 1. The summed E-state index contributed by atoms with van der Waals surface area (Å²) in [5.74, 6) is 0. The molecule has 0 bridgehead atoms. The highest BCUT2D eigenvalue weighted by molar-refractivity contribution is 9.10. The fourth-order valence-electron chi connectivity index (χ4n) is 1.71. The maximum Gasteiger partial charge on any atom is 0.114 e. The lowest BCUT2D eigenvalue weighted by Gasteiger charge is -2.12. The maximum atomic E-state index is 10.4. The first-order chi connectivity index (χ1) is 7.99. The predicted molar refractivity (Wildman–Crippen MR) is 77.0 cm³/mol. The third-order valence-electron chi connectivity index (χ3n) is 2.66. The molecule has 0 aliphatic heterocycles. The fourth-order valence-corrected chi connectivity index (χ4v) is 3.45. The predicted octanol–water partition coefficient (Wildman–Crippen LogP) is 4.86. The van der Waals surface area contributed by atoms with Crippen LogP contribution in [0.3, 0.4) is 0 Å². The Hall–Kier alpha value is -0.350. The van der Waals surface area contributed by atoms with Gasteiger partial charge < -0.3 is 5.11 Å². The van der Waals surface area contributed by atoms with Crippen LogP contribution in [0.4, 0.5) is 0 Å². The molecule has 1 aromatic heterocycles. The number of hydrogen-bond acceptors (Lipinski definition) is 2. The third kappa shape index (κ3) is 2.74. The van der Waals surface area contributed by atoms with E-state index in [1.807, 2.05) is 38.1 Å². The van der Waals surface area contributed by atoms with Crippen LogP contribution in [0.1, 0.15) is 27.7 Å². The number of rotatable bonds is 2. The van der Waals surface area contributed by atoms with E-state index < -0.39 is 6.10 Å². The Kier molecular flexibility index (Phi) is 3.93. The molecule has 0 aliphatic carbocycles. The average molecular weight is 332 g/mol. The highest BCUT2D eigenvalue weighted by Gasteiger charge is 2.17. The highest BCUT2D eigenvalue weighted by Crippen LogP contribution is 2.38. The van der Waals surface area contributed by atoms with Gasteiger partial charge in [0.15, 0.2) is 0 Å². The van der Waals surface area contributed by atoms with Gasteiger partial charge in [0.1, 0.15) is 10.4 Å². The summed E-state index contributed by atoms with van der Waals surface area (Å²) in [7, 11) is 0. The molecule has 0 saturated carbocycles. The number of aryl methyl sites for hydroxylation is 2. The number of thiophene rings is 1. The van der Waals surface area contributed by atoms with Crippen molar-refractivity contribution in [1.29, 1.82) is 0 Å². The average Bonchev–Trinajstić information content (AvgIpc) is 2.62. The SMILES string of the molecule is Cc1ccc(C)c(C(O)c2cc(Br)c(Cl)s2)c1. The van der Waals surface area contributed by atoms with Crippen molar-refractivity contribution < 1.29 is 5.11 Å². The van der Waals surface area contributed by atoms with Gasteiger partial charge in [-0.15, -0.1) is 11.3 Å². The molecule has 0 aliphatic rings. The van der Waals surface area contributed by atoms with Gasteiger partial charge in [-0.2, -0.15) is 0 Å². The Morgan fingerprint density at radius 1 is 1.29 bits per heavy atom. The highest BCUT2D eigenvalue weighted by atomic mass is 79.9. The molecule has 0 saturated heterocycles. The minimum Gasteiger partial charge on any atom is -0.383 e. The molecule has 17 heavy (non-hydrogen) atoms. The second kappa shape index (κ2) is 5.11. The zero-order valence-electron chi connectivity index (χ0n) is 9.50. The monoisotopic (exact) mass is 330 g/mol. The van der Waals surface area contributed by atoms with Gasteiger partial charge in [-0.05, 0) is 47.0 Å². The summed E-state index contributed by atoms with van der Waals surface area (Å²) in [5.41, 5.74) is 3.17. The molecule has 1 heterocycles. The minimum atomic E-state index is -0.608. The van der Waals surface area contributed by atoms with E-state index in [9.17, 15) is 5.11 Å². The zero-order chi connectivity index (χ0) is 12.6. The van der Waals surface area contributed by atoms with Gasteiger partial charge in [0, 0.05) is 9.35 Å². The Bertz CT molecular complexity index is 531. The van der Waals surface area contributed by atoms with Gasteiger partial charge in [0.25, 0.3) is 0 Å². The molecule has 0 fully saturated rings. The van der Waals surface area contributed by atoms with Gasteiger partial charge in [0.05, 0.1) is 0 Å². The quantitative estimate of drug-likeness (QED) is 0.833. The van der Waals surface area contributed by atoms with Crippen molar-refractivity contribution >= 4 is 38.9 Å². The van der Waals surface area contributed by atoms with Crippen LogP contribution in [0.25, 0.3) is 0 Å². The van der Waals surface area contributed by atoms with E-state index in [0.717, 1.165) is 26.0 Å². The van der Waals surface area contributed by atoms with E-state index in [0.29, 0.717) is 4.34 Å². The van der Waals surface area contributed by atoms with E-state index in [4.69, 9.17) is 11.6 Å². The third-order valence-corrected chi connectivity index (χ3v) is 5.19. The van der Waals surface area contributed by atoms with Gasteiger partial charge >= 0.3 is 0 Å². The van der Waals surface area contributed by atoms with Gasteiger partial charge in [0.2, 0.25) is 0 Å². The van der Waals surface area contributed by atoms with Crippen molar-refractivity contribution in [1.82, 2.24) is 0 Å². The molecule has 90 valence electrons. The Balaban J connectivity index is 2.42. The minimum absolute atomic E-state index is 0.608. The molecule has 0 radical (unpaired) electrons. The van der Waals surface area contributed by atoms with Crippen molar-refractivity contribution in [3.05, 3.63) is 54.6 Å². The summed E-state index contributed by atoms with van der Waals surface area (Å²) in [6.45, 7) is 4.02. The zero-order valence-corrected chi connectivity index (χ0v) is 12.7. The second-order valence-electron chi connectivity index (χ2n) is 4.03. The van der Waals surface area contributed by atoms with Crippen LogP contribution in [0.5, 0.6) is 0 Å². The van der Waals surface area contributed by atoms with Crippen LogP contribution >= 0.6 is 38.9 Å². The molecule has 1 nitrogen and oxygen atoms in total. The molecule has 2 rings (SSSR count). The van der Waals surface area contributed by atoms with Gasteiger partial charge in [-0.1, -0.05) is 35.4 Å². The van der Waals surface area contributed by atoms with Crippen LogP contribution in [-0.4, -0.2) is 5.11 Å². The molecular weight excluding hydrogens is 320 g/mol. The molecule has 1 aromatic carbocycles. The van der Waals surface area contributed by atoms with Crippen LogP contribution in [0.15, 0.2) is 28.7 Å². The molecule has 0 amide bonds. The van der Waals surface area contributed by atoms with E-state index in [1.165, 1.54) is 11.3 Å². The lowest BCUT2D eigenvalue weighted by Crippen LogP contribution is -2.00. The Morgan fingerprint density at radius 2 is 2.00 bits per heavy atom. The maximum absolute atomic E-state index is 10.4. The van der Waals surface area contributed by atoms with Crippen LogP contribution < -0.4 is 0 Å². The first-order valence-corrected chi connectivity index (χ1v) is 7.17. The largest absolute Gasteiger partial charge is 0.383 e. The van der Waals surface area contributed by atoms with Gasteiger partial charge in [-0.25, -0.2) is 0 Å². The Morgan fingerprint density at radius 3 is 2.59 bits per heavy atom. The number of aliphatic hydroxyl groups excluding tert-OH is 1. The van der Waals surface area contributed by atoms with E-state index in [2.05, 4.69) is 15.9 Å². The van der Waals surface area contributed by atoms with Crippen molar-refractivity contribution in [2.75, 3.05) is 0 Å². The molecule has 0 spiro atoms. The van der Waals surface area contributed by atoms with E-state index in [-0.39, 0.29) is 0 Å². The van der Waals surface area contributed by atoms with Crippen LogP contribution in [0, 0.1) is 13.8 Å². The summed E-state index contributed by atoms with van der Waals surface area (Å²) in [6.07, 6.45) is -0.608. The normalized spacial score (nSPS) is 12.8. The summed E-state index contributed by atoms with van der Waals surface area (Å²) >= 11 is 10.8. The molecule has 2 aromatic rings. The van der Waals surface area contributed by atoms with Gasteiger partial charge in [-0.3, -0.25) is 0 Å². The van der Waals surface area contributed by atoms with Crippen LogP contribution in [-0.2, 0) is 0 Å². The van der Waals surface area contributed by atoms with Crippen molar-refractivity contribution in [2.45, 2.75) is 20.0 Å². The van der Waals surface area contributed by atoms with Crippen LogP contribution in [0.2, 0.25) is 4.34 Å². The standard InChI is InChI=1S/C13H12BrClOS/c1-7-3-4-8(2)9(5-7)12(16)11-6-10(14)13(15)17-11/h3-6,12,16H,1-2H3. The molecule has 1 unspecified atom stereocenters. The lowest BCUT2D eigenvalue weighted by molar-refractivity contribution is 0.223. The molecule has 1 atom stereocenters. The number of hydrogen-bond donors (Lipinski definition) is 1. The first-order valence-electron chi connectivity index (χ1n) is 5.19. The Labute approximate surface area is 118 Å². The molecule has 4 heteroatoms. The van der Waals surface area contributed by atoms with Crippen molar-refractivity contribution in [3.8, 4) is 0 Å². The molecular formula is C13H12BrClOS. The summed E-state index contributed by atoms with van der Waals surface area (Å²) < 4.78 is 1.51. The smallest absolute Gasteiger partial charge is 0.114 e. The summed E-state index contributed by atoms with van der Waals surface area (Å²) in [4.78, 5) is 0.857. The van der Waals surface area contributed by atoms with Crippen molar-refractivity contribution in [2.24, 2.45) is 0 Å². The number of aliphatic hydroxyl groups is 1. The van der Waals surface area contributed by atoms with E-state index in [1.54, 1.807) is 0 Å².